The molecule has 1 atom stereocenters. The summed E-state index contributed by atoms with van der Waals surface area (Å²) in [4.78, 5) is 10.5. The average molecular weight is 311 g/mol. The number of nitrogens with one attached hydrogen (secondary N) is 1. The Morgan fingerprint density at radius 2 is 2.00 bits per heavy atom. The number of benzene rings is 2. The minimum atomic E-state index is -0.725. The first-order valence-corrected chi connectivity index (χ1v) is 8.02. The van der Waals surface area contributed by atoms with Gasteiger partial charge in [-0.25, -0.2) is 0 Å². The zero-order chi connectivity index (χ0) is 16.1. The van der Waals surface area contributed by atoms with E-state index < -0.39 is 5.97 Å². The van der Waals surface area contributed by atoms with Crippen LogP contribution in [0.1, 0.15) is 36.5 Å². The van der Waals surface area contributed by atoms with Crippen molar-refractivity contribution in [1.82, 2.24) is 0 Å². The quantitative estimate of drug-likeness (QED) is 0.791. The molecule has 1 aliphatic heterocycles. The van der Waals surface area contributed by atoms with E-state index in [0.717, 1.165) is 30.8 Å². The molecule has 0 spiro atoms. The summed E-state index contributed by atoms with van der Waals surface area (Å²) in [6, 6.07) is 16.4. The second-order valence-corrected chi connectivity index (χ2v) is 5.83. The second-order valence-electron chi connectivity index (χ2n) is 5.83. The van der Waals surface area contributed by atoms with Gasteiger partial charge in [0.15, 0.2) is 0 Å². The molecule has 0 radical (unpaired) electrons. The molecule has 0 fully saturated rings. The maximum absolute atomic E-state index is 10.5. The van der Waals surface area contributed by atoms with Crippen LogP contribution in [-0.4, -0.2) is 17.6 Å². The van der Waals surface area contributed by atoms with Crippen molar-refractivity contribution in [2.45, 2.75) is 31.8 Å². The average Bonchev–Trinajstić information content (AvgIpc) is 2.59. The van der Waals surface area contributed by atoms with Gasteiger partial charge in [0.2, 0.25) is 0 Å². The van der Waals surface area contributed by atoms with Gasteiger partial charge in [0.05, 0.1) is 12.2 Å². The molecule has 2 aromatic carbocycles. The van der Waals surface area contributed by atoms with E-state index in [1.165, 1.54) is 11.1 Å². The van der Waals surface area contributed by atoms with Crippen LogP contribution in [0.3, 0.4) is 0 Å². The van der Waals surface area contributed by atoms with Crippen LogP contribution in [-0.2, 0) is 11.2 Å². The van der Waals surface area contributed by atoms with Gasteiger partial charge in [-0.1, -0.05) is 36.4 Å². The van der Waals surface area contributed by atoms with Gasteiger partial charge in [-0.05, 0) is 42.5 Å². The topological polar surface area (TPSA) is 58.6 Å². The lowest BCUT2D eigenvalue weighted by molar-refractivity contribution is -0.137. The zero-order valence-corrected chi connectivity index (χ0v) is 13.0. The summed E-state index contributed by atoms with van der Waals surface area (Å²) in [5, 5.41) is 12.1. The van der Waals surface area contributed by atoms with Crippen molar-refractivity contribution in [2.75, 3.05) is 11.9 Å². The zero-order valence-electron chi connectivity index (χ0n) is 13.0. The van der Waals surface area contributed by atoms with E-state index in [2.05, 4.69) is 29.6 Å². The minimum Gasteiger partial charge on any atom is -0.482 e. The fourth-order valence-corrected chi connectivity index (χ4v) is 2.83. The number of rotatable bonds is 6. The monoisotopic (exact) mass is 311 g/mol. The second kappa shape index (κ2) is 7.18. The largest absolute Gasteiger partial charge is 0.482 e. The van der Waals surface area contributed by atoms with Crippen molar-refractivity contribution in [3.05, 3.63) is 59.7 Å². The number of carboxylic acids is 1. The van der Waals surface area contributed by atoms with Gasteiger partial charge in [0.1, 0.15) is 11.9 Å². The van der Waals surface area contributed by atoms with Crippen LogP contribution in [0.15, 0.2) is 48.5 Å². The van der Waals surface area contributed by atoms with Crippen molar-refractivity contribution in [3.8, 4) is 5.75 Å². The molecule has 0 aliphatic carbocycles. The van der Waals surface area contributed by atoms with E-state index in [0.29, 0.717) is 6.42 Å². The summed E-state index contributed by atoms with van der Waals surface area (Å²) >= 11 is 0. The van der Waals surface area contributed by atoms with Crippen LogP contribution in [0.25, 0.3) is 0 Å². The Morgan fingerprint density at radius 1 is 1.17 bits per heavy atom. The third-order valence-corrected chi connectivity index (χ3v) is 4.07. The predicted octanol–water partition coefficient (Wildman–Crippen LogP) is 4.03. The maximum atomic E-state index is 10.5. The molecule has 3 rings (SSSR count). The molecule has 0 amide bonds. The molecule has 0 aromatic heterocycles. The normalized spacial score (nSPS) is 16.1. The fraction of sp³-hybridized carbons (Fsp3) is 0.316. The summed E-state index contributed by atoms with van der Waals surface area (Å²) in [5.74, 6) is 0.150. The summed E-state index contributed by atoms with van der Waals surface area (Å²) < 4.78 is 6.09. The molecule has 4 nitrogen and oxygen atoms in total. The summed E-state index contributed by atoms with van der Waals surface area (Å²) in [7, 11) is 0. The molecule has 0 saturated heterocycles. The first kappa shape index (κ1) is 15.4. The Morgan fingerprint density at radius 3 is 2.78 bits per heavy atom. The van der Waals surface area contributed by atoms with Crippen molar-refractivity contribution < 1.29 is 14.6 Å². The number of fused-ring (bicyclic) bond motifs is 1. The van der Waals surface area contributed by atoms with E-state index in [-0.39, 0.29) is 12.5 Å². The number of carbonyl (C=O) groups is 1. The highest BCUT2D eigenvalue weighted by Gasteiger charge is 2.20. The van der Waals surface area contributed by atoms with Crippen LogP contribution < -0.4 is 10.1 Å². The lowest BCUT2D eigenvalue weighted by atomic mass is 10.0. The highest BCUT2D eigenvalue weighted by Crippen LogP contribution is 2.35. The number of carboxylic acid groups (broad SMARTS) is 1. The first-order chi connectivity index (χ1) is 11.2. The number of hydrogen-bond donors (Lipinski definition) is 2. The number of anilines is 1. The lowest BCUT2D eigenvalue weighted by Crippen LogP contribution is -2.23. The number of unbranched alkanes of at least 4 members (excludes halogenated alkanes) is 1. The number of hydrogen-bond acceptors (Lipinski definition) is 3. The van der Waals surface area contributed by atoms with Crippen LogP contribution in [0, 0.1) is 0 Å². The van der Waals surface area contributed by atoms with Gasteiger partial charge in [-0.3, -0.25) is 4.79 Å². The molecular formula is C19H21NO3. The Kier molecular flexibility index (Phi) is 4.81. The molecule has 2 aromatic rings. The van der Waals surface area contributed by atoms with Gasteiger partial charge in [-0.15, -0.1) is 0 Å². The molecule has 120 valence electrons. The Hall–Kier alpha value is -2.49. The van der Waals surface area contributed by atoms with Crippen LogP contribution >= 0.6 is 0 Å². The molecule has 0 bridgehead atoms. The lowest BCUT2D eigenvalue weighted by Gasteiger charge is -2.28. The Bertz CT molecular complexity index is 670. The third kappa shape index (κ3) is 4.03. The van der Waals surface area contributed by atoms with E-state index in [9.17, 15) is 4.79 Å². The summed E-state index contributed by atoms with van der Waals surface area (Å²) in [5.41, 5.74) is 3.40. The number of aryl methyl sites for hydroxylation is 1. The molecule has 2 N–H and O–H groups in total. The predicted molar refractivity (Wildman–Crippen MR) is 89.9 cm³/mol. The van der Waals surface area contributed by atoms with Crippen molar-refractivity contribution in [2.24, 2.45) is 0 Å². The standard InChI is InChI=1S/C19H21NO3/c21-19(22)9-5-4-6-14-10-11-17-16(12-14)20-13-18(23-17)15-7-2-1-3-8-15/h1-3,7-8,10-12,18,20H,4-6,9,13H2,(H,21,22). The highest BCUT2D eigenvalue weighted by molar-refractivity contribution is 5.66. The van der Waals surface area contributed by atoms with Gasteiger partial charge in [0, 0.05) is 6.42 Å². The Labute approximate surface area is 136 Å². The molecular weight excluding hydrogens is 290 g/mol. The van der Waals surface area contributed by atoms with Gasteiger partial charge in [-0.2, -0.15) is 0 Å². The summed E-state index contributed by atoms with van der Waals surface area (Å²) in [6.07, 6.45) is 2.77. The van der Waals surface area contributed by atoms with Crippen LogP contribution in [0.2, 0.25) is 0 Å². The molecule has 1 aliphatic rings. The van der Waals surface area contributed by atoms with Crippen molar-refractivity contribution in [3.63, 3.8) is 0 Å². The Balaban J connectivity index is 1.61. The van der Waals surface area contributed by atoms with Gasteiger partial charge < -0.3 is 15.2 Å². The number of ether oxygens (including phenoxy) is 1. The van der Waals surface area contributed by atoms with Crippen LogP contribution in [0.5, 0.6) is 5.75 Å². The maximum Gasteiger partial charge on any atom is 0.303 e. The highest BCUT2D eigenvalue weighted by atomic mass is 16.5. The summed E-state index contributed by atoms with van der Waals surface area (Å²) in [6.45, 7) is 0.749. The fourth-order valence-electron chi connectivity index (χ4n) is 2.83. The SMILES string of the molecule is O=C(O)CCCCc1ccc2c(c1)NCC(c1ccccc1)O2. The molecule has 23 heavy (non-hydrogen) atoms. The van der Waals surface area contributed by atoms with E-state index >= 15 is 0 Å². The number of aliphatic carboxylic acids is 1. The first-order valence-electron chi connectivity index (χ1n) is 8.02. The smallest absolute Gasteiger partial charge is 0.303 e. The van der Waals surface area contributed by atoms with E-state index in [4.69, 9.17) is 9.84 Å². The van der Waals surface area contributed by atoms with Crippen molar-refractivity contribution in [1.29, 1.82) is 0 Å². The van der Waals surface area contributed by atoms with Crippen molar-refractivity contribution >= 4 is 11.7 Å². The molecule has 0 saturated carbocycles. The van der Waals surface area contributed by atoms with Gasteiger partial charge in [0.25, 0.3) is 0 Å². The van der Waals surface area contributed by atoms with E-state index in [1.807, 2.05) is 24.3 Å². The van der Waals surface area contributed by atoms with Crippen LogP contribution in [0.4, 0.5) is 5.69 Å². The minimum absolute atomic E-state index is 0.0325. The van der Waals surface area contributed by atoms with E-state index in [1.54, 1.807) is 0 Å². The molecule has 1 heterocycles. The van der Waals surface area contributed by atoms with Gasteiger partial charge >= 0.3 is 5.97 Å². The molecule has 1 unspecified atom stereocenters. The third-order valence-electron chi connectivity index (χ3n) is 4.07. The molecule has 4 heteroatoms.